The van der Waals surface area contributed by atoms with Crippen LogP contribution < -0.4 is 14.4 Å². The van der Waals surface area contributed by atoms with Crippen molar-refractivity contribution in [1.29, 1.82) is 0 Å². The smallest absolute Gasteiger partial charge is 0.264 e. The van der Waals surface area contributed by atoms with Gasteiger partial charge in [-0.15, -0.1) is 0 Å². The number of anilines is 1. The van der Waals surface area contributed by atoms with Crippen LogP contribution in [0.1, 0.15) is 67.4 Å². The van der Waals surface area contributed by atoms with Gasteiger partial charge in [-0.1, -0.05) is 42.5 Å². The highest BCUT2D eigenvalue weighted by molar-refractivity contribution is 7.90. The number of allylic oxidation sites excluding steroid dienone is 1. The second-order valence-corrected chi connectivity index (χ2v) is 18.3. The van der Waals surface area contributed by atoms with E-state index in [4.69, 9.17) is 25.8 Å². The average Bonchev–Trinajstić information content (AvgIpc) is 3.18. The van der Waals surface area contributed by atoms with Gasteiger partial charge in [0.1, 0.15) is 18.0 Å². The Kier molecular flexibility index (Phi) is 12.3. The van der Waals surface area contributed by atoms with Crippen LogP contribution in [0.15, 0.2) is 48.6 Å². The first kappa shape index (κ1) is 39.1. The number of carbonyl (C=O) groups is 1. The van der Waals surface area contributed by atoms with E-state index < -0.39 is 26.8 Å². The summed E-state index contributed by atoms with van der Waals surface area (Å²) in [7, 11) is -2.23. The number of methoxy groups -OCH3 is 1. The fourth-order valence-corrected chi connectivity index (χ4v) is 10.2. The predicted molar refractivity (Wildman–Crippen MR) is 212 cm³/mol. The van der Waals surface area contributed by atoms with E-state index in [9.17, 15) is 13.2 Å². The van der Waals surface area contributed by atoms with Crippen molar-refractivity contribution < 1.29 is 27.4 Å². The van der Waals surface area contributed by atoms with Crippen molar-refractivity contribution in [2.24, 2.45) is 17.8 Å². The van der Waals surface area contributed by atoms with E-state index in [0.717, 1.165) is 95.8 Å². The molecule has 1 aliphatic carbocycles. The van der Waals surface area contributed by atoms with Crippen molar-refractivity contribution in [3.63, 3.8) is 0 Å². The van der Waals surface area contributed by atoms with Crippen molar-refractivity contribution in [3.8, 4) is 17.6 Å². The Labute approximate surface area is 326 Å². The largest absolute Gasteiger partial charge is 0.487 e. The number of aryl methyl sites for hydroxylation is 1. The second-order valence-electron chi connectivity index (χ2n) is 15.8. The number of nitrogens with zero attached hydrogens (tertiary/aromatic N) is 3. The summed E-state index contributed by atoms with van der Waals surface area (Å²) in [4.78, 5) is 20.9. The molecule has 1 N–H and O–H groups in total. The quantitative estimate of drug-likeness (QED) is 0.312. The lowest BCUT2D eigenvalue weighted by molar-refractivity contribution is -0.0424. The maximum absolute atomic E-state index is 13.6. The molecule has 6 atom stereocenters. The number of ether oxygens (including phenoxy) is 3. The van der Waals surface area contributed by atoms with Gasteiger partial charge in [0.25, 0.3) is 5.91 Å². The van der Waals surface area contributed by atoms with Gasteiger partial charge in [0.2, 0.25) is 10.0 Å². The molecule has 0 spiro atoms. The van der Waals surface area contributed by atoms with Crippen molar-refractivity contribution in [2.45, 2.75) is 75.9 Å². The number of morpholine rings is 1. The van der Waals surface area contributed by atoms with Crippen LogP contribution in [-0.4, -0.2) is 107 Å². The minimum atomic E-state index is -3.98. The molecule has 54 heavy (non-hydrogen) atoms. The van der Waals surface area contributed by atoms with Crippen molar-refractivity contribution in [2.75, 3.05) is 71.0 Å². The number of piperazine rings is 1. The summed E-state index contributed by atoms with van der Waals surface area (Å²) in [6, 6.07) is 11.6. The molecule has 2 aromatic carbocycles. The molecule has 3 fully saturated rings. The molecular weight excluding hydrogens is 724 g/mol. The lowest BCUT2D eigenvalue weighted by Crippen LogP contribution is -2.58. The van der Waals surface area contributed by atoms with Gasteiger partial charge in [-0.3, -0.25) is 14.6 Å². The first-order chi connectivity index (χ1) is 26.0. The highest BCUT2D eigenvalue weighted by Gasteiger charge is 2.47. The van der Waals surface area contributed by atoms with Crippen molar-refractivity contribution in [3.05, 3.63) is 70.3 Å². The Hall–Kier alpha value is -3.11. The fraction of sp³-hybridized carbons (Fsp3) is 0.595. The number of carbonyl (C=O) groups excluding carboxylic acids is 1. The predicted octanol–water partition coefficient (Wildman–Crippen LogP) is 5.54. The zero-order valence-electron chi connectivity index (χ0n) is 31.9. The SMILES string of the molecule is CO[C@@]1(C#CCN2CCN3CCOC[C@@H]3C2)/C=C/C[C@H](C)[C@@H](C)S(=O)(=O)NC(=O)c2ccc3c(c2)N(CCCCc2cc(Cl)ccc2CO3)C[C@@H]2CC[C@H]21. The van der Waals surface area contributed by atoms with E-state index in [-0.39, 0.29) is 23.3 Å². The standard InChI is InChI=1S/C42H55ClN4O6S/c1-30-8-6-16-42(51-3,17-7-18-45-20-21-46-22-23-52-29-37(46)27-45)38-14-11-34(38)26-47-19-5-4-9-32-24-36(43)13-10-35(32)28-53-40-15-12-33(25-39(40)47)41(48)44-54(49,50)31(30)2/h6,10,12-13,15-16,24-25,30-31,34,37-38H,4-5,8-9,11,14,18-23,26-29H2,1-3H3,(H,44,48)/b16-6+/t30-,31+,34-,37-,38+,42+/m0/s1. The molecule has 2 aromatic rings. The van der Waals surface area contributed by atoms with Crippen LogP contribution in [0.3, 0.4) is 0 Å². The van der Waals surface area contributed by atoms with Crippen LogP contribution in [0.4, 0.5) is 5.69 Å². The van der Waals surface area contributed by atoms with Gasteiger partial charge in [-0.05, 0) is 105 Å². The van der Waals surface area contributed by atoms with Crippen LogP contribution in [0.2, 0.25) is 5.02 Å². The first-order valence-electron chi connectivity index (χ1n) is 19.7. The van der Waals surface area contributed by atoms with Crippen molar-refractivity contribution in [1.82, 2.24) is 14.5 Å². The van der Waals surface area contributed by atoms with Crippen LogP contribution in [-0.2, 0) is 32.5 Å². The van der Waals surface area contributed by atoms with Gasteiger partial charge in [0.05, 0.1) is 30.7 Å². The summed E-state index contributed by atoms with van der Waals surface area (Å²) in [5.41, 5.74) is 2.49. The monoisotopic (exact) mass is 778 g/mol. The summed E-state index contributed by atoms with van der Waals surface area (Å²) < 4.78 is 48.3. The molecule has 4 aliphatic heterocycles. The molecule has 4 heterocycles. The molecule has 1 saturated carbocycles. The molecule has 1 amide bonds. The zero-order chi connectivity index (χ0) is 37.9. The third-order valence-corrected chi connectivity index (χ3v) is 14.7. The Bertz CT molecular complexity index is 1880. The summed E-state index contributed by atoms with van der Waals surface area (Å²) in [6.45, 7) is 11.5. The molecule has 0 aromatic heterocycles. The maximum Gasteiger partial charge on any atom is 0.264 e. The minimum absolute atomic E-state index is 0.125. The highest BCUT2D eigenvalue weighted by atomic mass is 35.5. The van der Waals surface area contributed by atoms with E-state index in [1.165, 1.54) is 5.56 Å². The topological polar surface area (TPSA) is 101 Å². The van der Waals surface area contributed by atoms with Crippen LogP contribution >= 0.6 is 11.6 Å². The van der Waals surface area contributed by atoms with Gasteiger partial charge < -0.3 is 19.1 Å². The highest BCUT2D eigenvalue weighted by Crippen LogP contribution is 2.46. The number of nitrogens with one attached hydrogen (secondary N) is 1. The molecular formula is C42H55ClN4O6S. The lowest BCUT2D eigenvalue weighted by atomic mass is 9.64. The van der Waals surface area contributed by atoms with E-state index in [0.29, 0.717) is 36.4 Å². The third-order valence-electron chi connectivity index (χ3n) is 12.5. The Morgan fingerprint density at radius 3 is 2.72 bits per heavy atom. The summed E-state index contributed by atoms with van der Waals surface area (Å²) in [5.74, 6) is 7.33. The van der Waals surface area contributed by atoms with Crippen LogP contribution in [0.5, 0.6) is 5.75 Å². The number of rotatable bonds is 2. The van der Waals surface area contributed by atoms with Gasteiger partial charge >= 0.3 is 0 Å². The number of halogens is 1. The molecule has 0 radical (unpaired) electrons. The molecule has 2 bridgehead atoms. The molecule has 0 unspecified atom stereocenters. The average molecular weight is 779 g/mol. The normalized spacial score (nSPS) is 31.4. The molecule has 5 aliphatic rings. The van der Waals surface area contributed by atoms with Crippen LogP contribution in [0, 0.1) is 29.6 Å². The molecule has 7 rings (SSSR count). The summed E-state index contributed by atoms with van der Waals surface area (Å²) in [5, 5.41) is -0.102. The Balaban J connectivity index is 1.23. The molecule has 10 nitrogen and oxygen atoms in total. The van der Waals surface area contributed by atoms with Crippen molar-refractivity contribution >= 4 is 33.2 Å². The molecule has 12 heteroatoms. The molecule has 292 valence electrons. The number of fused-ring (bicyclic) bond motifs is 4. The number of benzene rings is 2. The second kappa shape index (κ2) is 16.9. The van der Waals surface area contributed by atoms with Gasteiger partial charge in [-0.25, -0.2) is 13.1 Å². The van der Waals surface area contributed by atoms with Crippen LogP contribution in [0.25, 0.3) is 0 Å². The number of hydrogen-bond acceptors (Lipinski definition) is 9. The Morgan fingerprint density at radius 2 is 1.91 bits per heavy atom. The van der Waals surface area contributed by atoms with Gasteiger partial charge in [0.15, 0.2) is 0 Å². The van der Waals surface area contributed by atoms with E-state index in [2.05, 4.69) is 37.3 Å². The molecule has 2 saturated heterocycles. The zero-order valence-corrected chi connectivity index (χ0v) is 33.5. The van der Waals surface area contributed by atoms with Gasteiger partial charge in [-0.2, -0.15) is 0 Å². The van der Waals surface area contributed by atoms with E-state index >= 15 is 0 Å². The van der Waals surface area contributed by atoms with E-state index in [1.807, 2.05) is 31.2 Å². The Morgan fingerprint density at radius 1 is 1.04 bits per heavy atom. The maximum atomic E-state index is 13.6. The minimum Gasteiger partial charge on any atom is -0.487 e. The number of hydrogen-bond donors (Lipinski definition) is 1. The number of sulfonamides is 1. The lowest BCUT2D eigenvalue weighted by Gasteiger charge is -2.48. The third kappa shape index (κ3) is 8.64. The van der Waals surface area contributed by atoms with Gasteiger partial charge in [0, 0.05) is 68.9 Å². The number of amides is 1. The fourth-order valence-electron chi connectivity index (χ4n) is 8.72. The van der Waals surface area contributed by atoms with E-state index in [1.54, 1.807) is 32.2 Å². The first-order valence-corrected chi connectivity index (χ1v) is 21.6. The summed E-state index contributed by atoms with van der Waals surface area (Å²) in [6.07, 6.45) is 9.38. The summed E-state index contributed by atoms with van der Waals surface area (Å²) >= 11 is 6.40.